The van der Waals surface area contributed by atoms with Crippen LogP contribution in [0.1, 0.15) is 11.3 Å². The largest absolute Gasteiger partial charge is 0.354 e. The van der Waals surface area contributed by atoms with Crippen molar-refractivity contribution in [3.8, 4) is 0 Å². The van der Waals surface area contributed by atoms with Gasteiger partial charge in [-0.3, -0.25) is 10.2 Å². The van der Waals surface area contributed by atoms with Gasteiger partial charge in [0.15, 0.2) is 16.6 Å². The Kier molecular flexibility index (Phi) is 6.71. The molecule has 10 nitrogen and oxygen atoms in total. The van der Waals surface area contributed by atoms with Crippen molar-refractivity contribution >= 4 is 39.2 Å². The number of amides is 1. The maximum absolute atomic E-state index is 11.4. The lowest BCUT2D eigenvalue weighted by Gasteiger charge is -2.07. The first kappa shape index (κ1) is 19.9. The van der Waals surface area contributed by atoms with Crippen molar-refractivity contribution < 1.29 is 17.8 Å². The number of aromatic nitrogens is 2. The van der Waals surface area contributed by atoms with E-state index in [1.807, 2.05) is 31.2 Å². The van der Waals surface area contributed by atoms with Gasteiger partial charge in [0.25, 0.3) is 0 Å². The zero-order chi connectivity index (χ0) is 19.2. The maximum Gasteiger partial charge on any atom is 0.236 e. The quantitative estimate of drug-likeness (QED) is 0.213. The lowest BCUT2D eigenvalue weighted by molar-refractivity contribution is -0.118. The minimum Gasteiger partial charge on any atom is -0.354 e. The first-order chi connectivity index (χ1) is 12.2. The summed E-state index contributed by atoms with van der Waals surface area (Å²) in [5.74, 6) is -1.03. The summed E-state index contributed by atoms with van der Waals surface area (Å²) in [6, 6.07) is 7.52. The van der Waals surface area contributed by atoms with Crippen molar-refractivity contribution in [3.63, 3.8) is 0 Å². The molecule has 1 heterocycles. The number of hydrogen-bond donors (Lipinski definition) is 4. The molecule has 0 aliphatic heterocycles. The van der Waals surface area contributed by atoms with Crippen LogP contribution in [-0.4, -0.2) is 48.5 Å². The summed E-state index contributed by atoms with van der Waals surface area (Å²) >= 11 is 1.21. The number of primary sulfonamides is 1. The molecule has 5 N–H and O–H groups in total. The minimum absolute atomic E-state index is 0.0256. The van der Waals surface area contributed by atoms with Crippen molar-refractivity contribution in [2.45, 2.75) is 11.9 Å². The van der Waals surface area contributed by atoms with E-state index in [0.717, 1.165) is 11.3 Å². The Bertz CT molecular complexity index is 896. The molecular formula is C14H18N6O4S2. The molecule has 26 heavy (non-hydrogen) atoms. The molecule has 0 fully saturated rings. The zero-order valence-corrected chi connectivity index (χ0v) is 15.5. The Morgan fingerprint density at radius 1 is 1.38 bits per heavy atom. The summed E-state index contributed by atoms with van der Waals surface area (Å²) < 4.78 is 26.3. The lowest BCUT2D eigenvalue weighted by atomic mass is 10.2. The Hall–Kier alpha value is -2.44. The van der Waals surface area contributed by atoms with E-state index in [0.29, 0.717) is 10.8 Å². The number of sulfonamides is 1. The predicted molar refractivity (Wildman–Crippen MR) is 97.6 cm³/mol. The summed E-state index contributed by atoms with van der Waals surface area (Å²) in [4.78, 5) is 11.4. The fourth-order valence-corrected chi connectivity index (χ4v) is 3.15. The molecule has 0 bridgehead atoms. The Balaban J connectivity index is 1.86. The monoisotopic (exact) mass is 398 g/mol. The van der Waals surface area contributed by atoms with E-state index in [-0.39, 0.29) is 18.1 Å². The van der Waals surface area contributed by atoms with Gasteiger partial charge in [0.1, 0.15) is 5.75 Å². The molecule has 2 rings (SSSR count). The molecule has 0 saturated heterocycles. The Morgan fingerprint density at radius 2 is 2.15 bits per heavy atom. The fourth-order valence-electron chi connectivity index (χ4n) is 1.93. The topological polar surface area (TPSA) is 164 Å². The van der Waals surface area contributed by atoms with Crippen molar-refractivity contribution in [2.75, 3.05) is 23.4 Å². The number of benzene rings is 1. The highest BCUT2D eigenvalue weighted by Crippen LogP contribution is 2.20. The van der Waals surface area contributed by atoms with Crippen LogP contribution in [0.15, 0.2) is 33.9 Å². The highest BCUT2D eigenvalue weighted by atomic mass is 32.2. The van der Waals surface area contributed by atoms with Crippen molar-refractivity contribution in [1.29, 1.82) is 5.41 Å². The molecule has 0 saturated carbocycles. The van der Waals surface area contributed by atoms with E-state index in [2.05, 4.69) is 25.6 Å². The molecule has 1 aromatic carbocycles. The van der Waals surface area contributed by atoms with E-state index in [4.69, 9.17) is 10.5 Å². The van der Waals surface area contributed by atoms with Crippen LogP contribution >= 0.6 is 11.8 Å². The van der Waals surface area contributed by atoms with Crippen molar-refractivity contribution in [1.82, 2.24) is 15.6 Å². The van der Waals surface area contributed by atoms with Gasteiger partial charge in [-0.15, -0.1) is 0 Å². The third-order valence-electron chi connectivity index (χ3n) is 2.98. The predicted octanol–water partition coefficient (Wildman–Crippen LogP) is 0.312. The van der Waals surface area contributed by atoms with Crippen LogP contribution in [0.3, 0.4) is 0 Å². The Morgan fingerprint density at radius 3 is 2.85 bits per heavy atom. The van der Waals surface area contributed by atoms with Gasteiger partial charge < -0.3 is 10.6 Å². The SMILES string of the molecule is Cc1cccc(NC(=N)c2nonc2SCCNC(=O)CS(N)(=O)=O)c1. The number of carbonyl (C=O) groups is 1. The number of amidine groups is 1. The average Bonchev–Trinajstić information content (AvgIpc) is 2.98. The van der Waals surface area contributed by atoms with Gasteiger partial charge in [-0.05, 0) is 34.9 Å². The molecular weight excluding hydrogens is 380 g/mol. The molecule has 1 aromatic heterocycles. The molecule has 0 atom stereocenters. The van der Waals surface area contributed by atoms with Crippen LogP contribution in [0.25, 0.3) is 0 Å². The summed E-state index contributed by atoms with van der Waals surface area (Å²) in [5, 5.41) is 26.1. The number of aryl methyl sites for hydroxylation is 1. The summed E-state index contributed by atoms with van der Waals surface area (Å²) in [7, 11) is -3.85. The molecule has 0 spiro atoms. The number of hydrogen-bond acceptors (Lipinski definition) is 8. The molecule has 0 aliphatic carbocycles. The number of thioether (sulfide) groups is 1. The van der Waals surface area contributed by atoms with Crippen molar-refractivity contribution in [3.05, 3.63) is 35.5 Å². The van der Waals surface area contributed by atoms with Gasteiger partial charge >= 0.3 is 0 Å². The van der Waals surface area contributed by atoms with Crippen LogP contribution in [0.4, 0.5) is 5.69 Å². The van der Waals surface area contributed by atoms with E-state index in [9.17, 15) is 13.2 Å². The number of anilines is 1. The van der Waals surface area contributed by atoms with Crippen molar-refractivity contribution in [2.24, 2.45) is 5.14 Å². The molecule has 2 aromatic rings. The summed E-state index contributed by atoms with van der Waals surface area (Å²) in [6.07, 6.45) is 0. The third-order valence-corrected chi connectivity index (χ3v) is 4.59. The van der Waals surface area contributed by atoms with Crippen LogP contribution in [0, 0.1) is 12.3 Å². The molecule has 12 heteroatoms. The lowest BCUT2D eigenvalue weighted by Crippen LogP contribution is -2.34. The molecule has 1 amide bonds. The van der Waals surface area contributed by atoms with E-state index in [1.54, 1.807) is 0 Å². The van der Waals surface area contributed by atoms with Crippen LogP contribution in [0.5, 0.6) is 0 Å². The number of nitrogens with zero attached hydrogens (tertiary/aromatic N) is 2. The van der Waals surface area contributed by atoms with Gasteiger partial charge in [-0.1, -0.05) is 23.9 Å². The van der Waals surface area contributed by atoms with Gasteiger partial charge in [0, 0.05) is 18.0 Å². The highest BCUT2D eigenvalue weighted by Gasteiger charge is 2.16. The number of carbonyl (C=O) groups excluding carboxylic acids is 1. The number of nitrogens with two attached hydrogens (primary N) is 1. The smallest absolute Gasteiger partial charge is 0.236 e. The van der Waals surface area contributed by atoms with E-state index < -0.39 is 21.7 Å². The summed E-state index contributed by atoms with van der Waals surface area (Å²) in [6.45, 7) is 2.14. The maximum atomic E-state index is 11.4. The molecule has 140 valence electrons. The Labute approximate surface area is 154 Å². The standard InChI is InChI=1S/C14H18N6O4S2/c1-9-3-2-4-10(7-9)18-13(15)12-14(20-24-19-12)25-6-5-17-11(21)8-26(16,22)23/h2-4,7H,5-6,8H2,1H3,(H2,15,18)(H,17,21)(H2,16,22,23). The highest BCUT2D eigenvalue weighted by molar-refractivity contribution is 7.99. The fraction of sp³-hybridized carbons (Fsp3) is 0.286. The molecule has 0 aliphatic rings. The van der Waals surface area contributed by atoms with Gasteiger partial charge in [0.05, 0.1) is 0 Å². The zero-order valence-electron chi connectivity index (χ0n) is 13.9. The number of rotatable bonds is 8. The average molecular weight is 398 g/mol. The first-order valence-electron chi connectivity index (χ1n) is 7.40. The summed E-state index contributed by atoms with van der Waals surface area (Å²) in [5.41, 5.74) is 2.03. The molecule has 0 radical (unpaired) electrons. The first-order valence-corrected chi connectivity index (χ1v) is 10.1. The van der Waals surface area contributed by atoms with Crippen LogP contribution in [-0.2, 0) is 14.8 Å². The molecule has 0 unspecified atom stereocenters. The second-order valence-electron chi connectivity index (χ2n) is 5.29. The number of nitrogens with one attached hydrogen (secondary N) is 3. The van der Waals surface area contributed by atoms with Gasteiger partial charge in [-0.2, -0.15) is 0 Å². The van der Waals surface area contributed by atoms with E-state index in [1.165, 1.54) is 11.8 Å². The van der Waals surface area contributed by atoms with Crippen LogP contribution < -0.4 is 15.8 Å². The minimum atomic E-state index is -3.85. The van der Waals surface area contributed by atoms with Gasteiger partial charge in [-0.25, -0.2) is 18.2 Å². The van der Waals surface area contributed by atoms with Crippen LogP contribution in [0.2, 0.25) is 0 Å². The third kappa shape index (κ3) is 6.46. The van der Waals surface area contributed by atoms with Gasteiger partial charge in [0.2, 0.25) is 15.9 Å². The second kappa shape index (κ2) is 8.78. The second-order valence-corrected chi connectivity index (χ2v) is 7.99. The normalized spacial score (nSPS) is 11.2. The van der Waals surface area contributed by atoms with E-state index >= 15 is 0 Å².